The number of pyridine rings is 1. The Balaban J connectivity index is 1.83. The van der Waals surface area contributed by atoms with Crippen molar-refractivity contribution >= 4 is 23.1 Å². The van der Waals surface area contributed by atoms with E-state index in [9.17, 15) is 4.79 Å². The van der Waals surface area contributed by atoms with Gasteiger partial charge in [0.05, 0.1) is 23.0 Å². The van der Waals surface area contributed by atoms with Gasteiger partial charge in [0.2, 0.25) is 0 Å². The Bertz CT molecular complexity index is 575. The average molecular weight is 256 g/mol. The minimum absolute atomic E-state index is 0.211. The van der Waals surface area contributed by atoms with Gasteiger partial charge in [0, 0.05) is 12.0 Å². The highest BCUT2D eigenvalue weighted by atomic mass is 32.2. The van der Waals surface area contributed by atoms with Crippen LogP contribution in [0.2, 0.25) is 0 Å². The van der Waals surface area contributed by atoms with E-state index in [4.69, 9.17) is 0 Å². The van der Waals surface area contributed by atoms with E-state index < -0.39 is 0 Å². The molecule has 0 spiro atoms. The molecule has 0 bridgehead atoms. The van der Waals surface area contributed by atoms with E-state index in [1.807, 2.05) is 17.7 Å². The quantitative estimate of drug-likeness (QED) is 0.668. The number of fused-ring (bicyclic) bond motifs is 1. The molecular formula is C14H12N2OS. The van der Waals surface area contributed by atoms with Crippen molar-refractivity contribution in [1.29, 1.82) is 0 Å². The number of carbonyl (C=O) groups excluding carboxylic acids is 1. The van der Waals surface area contributed by atoms with E-state index in [2.05, 4.69) is 21.8 Å². The predicted octanol–water partition coefficient (Wildman–Crippen LogP) is 2.10. The molecule has 1 aromatic heterocycles. The molecule has 1 atom stereocenters. The van der Waals surface area contributed by atoms with Crippen LogP contribution in [-0.2, 0) is 6.42 Å². The summed E-state index contributed by atoms with van der Waals surface area (Å²) in [5.74, 6) is 6.45. The molecule has 18 heavy (non-hydrogen) atoms. The fourth-order valence-electron chi connectivity index (χ4n) is 2.10. The van der Waals surface area contributed by atoms with Gasteiger partial charge in [-0.3, -0.25) is 9.79 Å². The Morgan fingerprint density at radius 3 is 3.11 bits per heavy atom. The van der Waals surface area contributed by atoms with Crippen LogP contribution in [0.3, 0.4) is 0 Å². The first-order chi connectivity index (χ1) is 8.83. The lowest BCUT2D eigenvalue weighted by Gasteiger charge is -2.12. The number of rotatable bonds is 0. The van der Waals surface area contributed by atoms with Crippen LogP contribution in [0.5, 0.6) is 0 Å². The minimum Gasteiger partial charge on any atom is -0.294 e. The molecule has 2 heterocycles. The molecule has 0 fully saturated rings. The molecule has 0 aromatic carbocycles. The molecule has 3 rings (SSSR count). The summed E-state index contributed by atoms with van der Waals surface area (Å²) in [5.41, 5.74) is 4.30. The average Bonchev–Trinajstić information content (AvgIpc) is 2.90. The SMILES string of the molecule is O=C1CCCc2nc(C#CC3CN=CS3)ccc21. The van der Waals surface area contributed by atoms with Crippen LogP contribution in [0.4, 0.5) is 0 Å². The van der Waals surface area contributed by atoms with Crippen molar-refractivity contribution in [1.82, 2.24) is 4.98 Å². The molecule has 0 saturated heterocycles. The molecule has 0 amide bonds. The minimum atomic E-state index is 0.211. The van der Waals surface area contributed by atoms with Gasteiger partial charge in [0.15, 0.2) is 5.78 Å². The van der Waals surface area contributed by atoms with Crippen molar-refractivity contribution in [3.63, 3.8) is 0 Å². The van der Waals surface area contributed by atoms with Gasteiger partial charge in [-0.15, -0.1) is 0 Å². The molecule has 1 aromatic rings. The Kier molecular flexibility index (Phi) is 3.16. The molecule has 0 saturated carbocycles. The highest BCUT2D eigenvalue weighted by Crippen LogP contribution is 2.19. The number of aromatic nitrogens is 1. The number of thioether (sulfide) groups is 1. The molecule has 1 aliphatic carbocycles. The monoisotopic (exact) mass is 256 g/mol. The second-order valence-corrected chi connectivity index (χ2v) is 5.38. The molecule has 1 unspecified atom stereocenters. The standard InChI is InChI=1S/C14H12N2OS/c17-14-3-1-2-13-12(14)7-5-10(16-13)4-6-11-8-15-9-18-11/h5,7,9,11H,1-3,8H2. The van der Waals surface area contributed by atoms with Crippen molar-refractivity contribution in [2.45, 2.75) is 24.5 Å². The zero-order chi connectivity index (χ0) is 12.4. The molecular weight excluding hydrogens is 244 g/mol. The fourth-order valence-corrected chi connectivity index (χ4v) is 2.72. The number of hydrogen-bond acceptors (Lipinski definition) is 4. The Morgan fingerprint density at radius 1 is 1.33 bits per heavy atom. The lowest BCUT2D eigenvalue weighted by atomic mass is 9.94. The Hall–Kier alpha value is -1.60. The second-order valence-electron chi connectivity index (χ2n) is 4.33. The number of ketones is 1. The van der Waals surface area contributed by atoms with E-state index in [1.165, 1.54) is 0 Å². The van der Waals surface area contributed by atoms with Gasteiger partial charge >= 0.3 is 0 Å². The first kappa shape index (κ1) is 11.5. The maximum Gasteiger partial charge on any atom is 0.164 e. The van der Waals surface area contributed by atoms with Crippen LogP contribution in [-0.4, -0.2) is 28.1 Å². The normalized spacial score (nSPS) is 21.3. The van der Waals surface area contributed by atoms with E-state index >= 15 is 0 Å². The van der Waals surface area contributed by atoms with Crippen LogP contribution < -0.4 is 0 Å². The van der Waals surface area contributed by atoms with E-state index in [-0.39, 0.29) is 11.0 Å². The zero-order valence-corrected chi connectivity index (χ0v) is 10.7. The highest BCUT2D eigenvalue weighted by molar-refractivity contribution is 8.13. The van der Waals surface area contributed by atoms with E-state index in [1.54, 1.807) is 11.8 Å². The van der Waals surface area contributed by atoms with Gasteiger partial charge in [-0.2, -0.15) is 0 Å². The number of hydrogen-bond donors (Lipinski definition) is 0. The topological polar surface area (TPSA) is 42.3 Å². The first-order valence-electron chi connectivity index (χ1n) is 6.01. The lowest BCUT2D eigenvalue weighted by Crippen LogP contribution is -2.12. The third-order valence-electron chi connectivity index (χ3n) is 3.02. The Morgan fingerprint density at radius 2 is 2.28 bits per heavy atom. The largest absolute Gasteiger partial charge is 0.294 e. The summed E-state index contributed by atoms with van der Waals surface area (Å²) in [4.78, 5) is 20.3. The van der Waals surface area contributed by atoms with Crippen molar-refractivity contribution in [3.05, 3.63) is 29.1 Å². The van der Waals surface area contributed by atoms with Gasteiger partial charge in [-0.25, -0.2) is 4.98 Å². The molecule has 90 valence electrons. The summed E-state index contributed by atoms with van der Waals surface area (Å²) >= 11 is 1.64. The first-order valence-corrected chi connectivity index (χ1v) is 6.95. The zero-order valence-electron chi connectivity index (χ0n) is 9.85. The number of Topliss-reactive ketones (excluding diaryl/α,β-unsaturated/α-hetero) is 1. The number of aliphatic imine (C=N–C) groups is 1. The number of carbonyl (C=O) groups is 1. The van der Waals surface area contributed by atoms with Crippen LogP contribution in [0.1, 0.15) is 34.6 Å². The van der Waals surface area contributed by atoms with Gasteiger partial charge in [0.25, 0.3) is 0 Å². The highest BCUT2D eigenvalue weighted by Gasteiger charge is 2.18. The van der Waals surface area contributed by atoms with Gasteiger partial charge in [-0.05, 0) is 30.9 Å². The molecule has 3 nitrogen and oxygen atoms in total. The van der Waals surface area contributed by atoms with Crippen molar-refractivity contribution in [2.75, 3.05) is 6.54 Å². The van der Waals surface area contributed by atoms with Gasteiger partial charge < -0.3 is 0 Å². The molecule has 0 N–H and O–H groups in total. The van der Waals surface area contributed by atoms with E-state index in [0.717, 1.165) is 36.3 Å². The Labute approximate surface area is 110 Å². The molecule has 1 aliphatic heterocycles. The van der Waals surface area contributed by atoms with Crippen LogP contribution >= 0.6 is 11.8 Å². The summed E-state index contributed by atoms with van der Waals surface area (Å²) in [7, 11) is 0. The summed E-state index contributed by atoms with van der Waals surface area (Å²) in [6.45, 7) is 0.765. The van der Waals surface area contributed by atoms with Crippen molar-refractivity contribution in [2.24, 2.45) is 4.99 Å². The maximum atomic E-state index is 11.7. The third kappa shape index (κ3) is 2.32. The summed E-state index contributed by atoms with van der Waals surface area (Å²) in [5, 5.41) is 0.254. The van der Waals surface area contributed by atoms with Crippen LogP contribution in [0, 0.1) is 11.8 Å². The lowest BCUT2D eigenvalue weighted by molar-refractivity contribution is 0.0971. The molecule has 2 aliphatic rings. The van der Waals surface area contributed by atoms with Crippen molar-refractivity contribution in [3.8, 4) is 11.8 Å². The van der Waals surface area contributed by atoms with Gasteiger partial charge in [-0.1, -0.05) is 17.7 Å². The predicted molar refractivity (Wildman–Crippen MR) is 73.1 cm³/mol. The summed E-state index contributed by atoms with van der Waals surface area (Å²) in [6.07, 6.45) is 2.44. The summed E-state index contributed by atoms with van der Waals surface area (Å²) in [6, 6.07) is 3.71. The van der Waals surface area contributed by atoms with Crippen molar-refractivity contribution < 1.29 is 4.79 Å². The number of nitrogens with zero attached hydrogens (tertiary/aromatic N) is 2. The molecule has 4 heteroatoms. The van der Waals surface area contributed by atoms with E-state index in [0.29, 0.717) is 6.42 Å². The maximum absolute atomic E-state index is 11.7. The summed E-state index contributed by atoms with van der Waals surface area (Å²) < 4.78 is 0. The second kappa shape index (κ2) is 4.95. The fraction of sp³-hybridized carbons (Fsp3) is 0.357. The third-order valence-corrected chi connectivity index (χ3v) is 3.89. The number of aryl methyl sites for hydroxylation is 1. The molecule has 0 radical (unpaired) electrons. The van der Waals surface area contributed by atoms with Crippen LogP contribution in [0.15, 0.2) is 17.1 Å². The smallest absolute Gasteiger partial charge is 0.164 e. The van der Waals surface area contributed by atoms with Gasteiger partial charge in [0.1, 0.15) is 5.69 Å². The van der Waals surface area contributed by atoms with Crippen LogP contribution in [0.25, 0.3) is 0 Å².